The molecule has 2 aromatic heterocycles. The lowest BCUT2D eigenvalue weighted by molar-refractivity contribution is 0.0996. The largest absolute Gasteiger partial charge is 0.366 e. The van der Waals surface area contributed by atoms with Crippen LogP contribution in [-0.4, -0.2) is 21.6 Å². The maximum Gasteiger partial charge on any atom is 0.265 e. The van der Waals surface area contributed by atoms with Crippen LogP contribution in [-0.2, 0) is 0 Å². The number of hydrogen-bond acceptors (Lipinski definition) is 4. The zero-order valence-electron chi connectivity index (χ0n) is 15.4. The molecule has 0 spiro atoms. The van der Waals surface area contributed by atoms with Gasteiger partial charge in [0.1, 0.15) is 4.83 Å². The number of aryl methyl sites for hydroxylation is 1. The van der Waals surface area contributed by atoms with E-state index in [2.05, 4.69) is 10.4 Å². The van der Waals surface area contributed by atoms with Gasteiger partial charge < -0.3 is 11.1 Å². The molecule has 0 radical (unpaired) electrons. The minimum atomic E-state index is -0.519. The Balaban J connectivity index is 1.70. The number of primary amides is 1. The monoisotopic (exact) mass is 390 g/mol. The first kappa shape index (κ1) is 17.9. The van der Waals surface area contributed by atoms with E-state index in [-0.39, 0.29) is 5.91 Å². The summed E-state index contributed by atoms with van der Waals surface area (Å²) in [5, 5.41) is 8.42. The van der Waals surface area contributed by atoms with Gasteiger partial charge >= 0.3 is 0 Å². The lowest BCUT2D eigenvalue weighted by Gasteiger charge is -2.10. The first-order valence-corrected chi connectivity index (χ1v) is 9.52. The van der Waals surface area contributed by atoms with Crippen LogP contribution in [0.4, 0.5) is 5.69 Å². The normalized spacial score (nSPS) is 10.9. The van der Waals surface area contributed by atoms with Crippen LogP contribution in [0.3, 0.4) is 0 Å². The van der Waals surface area contributed by atoms with Gasteiger partial charge in [-0.1, -0.05) is 24.3 Å². The van der Waals surface area contributed by atoms with Crippen LogP contribution in [0.15, 0.2) is 54.6 Å². The number of nitrogens with one attached hydrogen (secondary N) is 1. The van der Waals surface area contributed by atoms with E-state index in [9.17, 15) is 9.59 Å². The molecule has 140 valence electrons. The van der Waals surface area contributed by atoms with E-state index in [0.717, 1.165) is 21.6 Å². The molecule has 2 amide bonds. The van der Waals surface area contributed by atoms with E-state index >= 15 is 0 Å². The number of carbonyl (C=O) groups is 2. The molecule has 2 aromatic carbocycles. The zero-order chi connectivity index (χ0) is 19.8. The van der Waals surface area contributed by atoms with Crippen molar-refractivity contribution in [1.82, 2.24) is 9.78 Å². The Morgan fingerprint density at radius 3 is 2.54 bits per heavy atom. The molecule has 28 heavy (non-hydrogen) atoms. The SMILES string of the molecule is Cc1c(NC(=O)c2cc3c(C)nn(-c4ccccc4)c3s2)cccc1C(N)=O. The fraction of sp³-hybridized carbons (Fsp3) is 0.0952. The molecule has 4 rings (SSSR count). The fourth-order valence-corrected chi connectivity index (χ4v) is 4.20. The summed E-state index contributed by atoms with van der Waals surface area (Å²) in [6, 6.07) is 16.8. The number of hydrogen-bond donors (Lipinski definition) is 2. The quantitative estimate of drug-likeness (QED) is 0.551. The highest BCUT2D eigenvalue weighted by Crippen LogP contribution is 2.31. The number of rotatable bonds is 4. The van der Waals surface area contributed by atoms with E-state index in [1.807, 2.05) is 48.0 Å². The third-order valence-corrected chi connectivity index (χ3v) is 5.73. The number of thiophene rings is 1. The van der Waals surface area contributed by atoms with Gasteiger partial charge in [-0.2, -0.15) is 5.10 Å². The fourth-order valence-electron chi connectivity index (χ4n) is 3.13. The number of fused-ring (bicyclic) bond motifs is 1. The molecule has 2 heterocycles. The lowest BCUT2D eigenvalue weighted by Crippen LogP contribution is -2.16. The van der Waals surface area contributed by atoms with Crippen molar-refractivity contribution in [2.24, 2.45) is 5.73 Å². The molecule has 0 atom stereocenters. The van der Waals surface area contributed by atoms with Gasteiger partial charge in [0.15, 0.2) is 0 Å². The van der Waals surface area contributed by atoms with Crippen molar-refractivity contribution in [2.75, 3.05) is 5.32 Å². The maximum atomic E-state index is 12.8. The van der Waals surface area contributed by atoms with E-state index in [0.29, 0.717) is 21.7 Å². The molecule has 0 saturated heterocycles. The smallest absolute Gasteiger partial charge is 0.265 e. The molecule has 3 N–H and O–H groups in total. The van der Waals surface area contributed by atoms with Crippen molar-refractivity contribution < 1.29 is 9.59 Å². The maximum absolute atomic E-state index is 12.8. The summed E-state index contributed by atoms with van der Waals surface area (Å²) in [4.78, 5) is 25.8. The molecule has 0 fully saturated rings. The van der Waals surface area contributed by atoms with Crippen molar-refractivity contribution in [2.45, 2.75) is 13.8 Å². The Morgan fingerprint density at radius 2 is 1.82 bits per heavy atom. The van der Waals surface area contributed by atoms with Gasteiger partial charge in [0.05, 0.1) is 16.3 Å². The number of nitrogens with two attached hydrogens (primary N) is 1. The van der Waals surface area contributed by atoms with Gasteiger partial charge in [0.25, 0.3) is 5.91 Å². The Morgan fingerprint density at radius 1 is 1.07 bits per heavy atom. The highest BCUT2D eigenvalue weighted by atomic mass is 32.1. The molecule has 0 unspecified atom stereocenters. The van der Waals surface area contributed by atoms with Gasteiger partial charge in [-0.25, -0.2) is 4.68 Å². The summed E-state index contributed by atoms with van der Waals surface area (Å²) >= 11 is 1.38. The number of para-hydroxylation sites is 1. The van der Waals surface area contributed by atoms with Gasteiger partial charge in [0.2, 0.25) is 5.91 Å². The average Bonchev–Trinajstić information content (AvgIpc) is 3.25. The Kier molecular flexibility index (Phi) is 4.44. The second-order valence-corrected chi connectivity index (χ2v) is 7.49. The van der Waals surface area contributed by atoms with Crippen molar-refractivity contribution in [3.63, 3.8) is 0 Å². The highest BCUT2D eigenvalue weighted by molar-refractivity contribution is 7.20. The summed E-state index contributed by atoms with van der Waals surface area (Å²) in [7, 11) is 0. The number of anilines is 1. The van der Waals surface area contributed by atoms with E-state index in [1.165, 1.54) is 11.3 Å². The van der Waals surface area contributed by atoms with E-state index in [4.69, 9.17) is 5.73 Å². The van der Waals surface area contributed by atoms with E-state index in [1.54, 1.807) is 25.1 Å². The second-order valence-electron chi connectivity index (χ2n) is 6.46. The average molecular weight is 390 g/mol. The van der Waals surface area contributed by atoms with Crippen molar-refractivity contribution in [1.29, 1.82) is 0 Å². The lowest BCUT2D eigenvalue weighted by atomic mass is 10.1. The van der Waals surface area contributed by atoms with E-state index < -0.39 is 5.91 Å². The Bertz CT molecular complexity index is 1210. The highest BCUT2D eigenvalue weighted by Gasteiger charge is 2.18. The van der Waals surface area contributed by atoms with Gasteiger partial charge in [-0.15, -0.1) is 11.3 Å². The first-order chi connectivity index (χ1) is 13.5. The number of carbonyl (C=O) groups excluding carboxylic acids is 2. The Hall–Kier alpha value is -3.45. The molecular weight excluding hydrogens is 372 g/mol. The summed E-state index contributed by atoms with van der Waals surface area (Å²) < 4.78 is 1.85. The molecule has 0 saturated carbocycles. The van der Waals surface area contributed by atoms with Crippen LogP contribution in [0, 0.1) is 13.8 Å². The third-order valence-electron chi connectivity index (χ3n) is 4.62. The summed E-state index contributed by atoms with van der Waals surface area (Å²) in [5.41, 5.74) is 8.81. The molecule has 0 aliphatic carbocycles. The number of nitrogens with zero attached hydrogens (tertiary/aromatic N) is 2. The molecular formula is C21H18N4O2S. The summed E-state index contributed by atoms with van der Waals surface area (Å²) in [6.45, 7) is 3.69. The van der Waals surface area contributed by atoms with Gasteiger partial charge in [0, 0.05) is 16.6 Å². The molecule has 0 aliphatic rings. The standard InChI is InChI=1S/C21H18N4O2S/c1-12-15(19(22)26)9-6-10-17(12)23-20(27)18-11-16-13(2)24-25(21(16)28-18)14-7-4-3-5-8-14/h3-11H,1-2H3,(H2,22,26)(H,23,27). The number of aromatic nitrogens is 2. The minimum Gasteiger partial charge on any atom is -0.366 e. The van der Waals surface area contributed by atoms with Gasteiger partial charge in [-0.3, -0.25) is 9.59 Å². The predicted octanol–water partition coefficient (Wildman–Crippen LogP) is 4.06. The topological polar surface area (TPSA) is 90.0 Å². The number of amides is 2. The minimum absolute atomic E-state index is 0.232. The van der Waals surface area contributed by atoms with Crippen LogP contribution in [0.25, 0.3) is 15.9 Å². The predicted molar refractivity (Wildman–Crippen MR) is 111 cm³/mol. The zero-order valence-corrected chi connectivity index (χ0v) is 16.2. The van der Waals surface area contributed by atoms with Crippen molar-refractivity contribution in [3.05, 3.63) is 76.3 Å². The molecule has 0 bridgehead atoms. The molecule has 4 aromatic rings. The van der Waals surface area contributed by atoms with Crippen molar-refractivity contribution >= 4 is 39.1 Å². The van der Waals surface area contributed by atoms with Crippen LogP contribution in [0.1, 0.15) is 31.3 Å². The molecule has 7 heteroatoms. The molecule has 6 nitrogen and oxygen atoms in total. The Labute approximate surface area is 165 Å². The second kappa shape index (κ2) is 6.94. The van der Waals surface area contributed by atoms with Gasteiger partial charge in [-0.05, 0) is 49.7 Å². The third kappa shape index (κ3) is 3.05. The number of benzene rings is 2. The summed E-state index contributed by atoms with van der Waals surface area (Å²) in [5.74, 6) is -0.751. The molecule has 0 aliphatic heterocycles. The van der Waals surface area contributed by atoms with Crippen LogP contribution in [0.5, 0.6) is 0 Å². The van der Waals surface area contributed by atoms with Crippen LogP contribution < -0.4 is 11.1 Å². The van der Waals surface area contributed by atoms with Crippen LogP contribution >= 0.6 is 11.3 Å². The summed E-state index contributed by atoms with van der Waals surface area (Å²) in [6.07, 6.45) is 0. The first-order valence-electron chi connectivity index (χ1n) is 8.71. The van der Waals surface area contributed by atoms with Crippen molar-refractivity contribution in [3.8, 4) is 5.69 Å². The van der Waals surface area contributed by atoms with Crippen LogP contribution in [0.2, 0.25) is 0 Å².